The summed E-state index contributed by atoms with van der Waals surface area (Å²) >= 11 is 12.5. The van der Waals surface area contributed by atoms with Crippen molar-refractivity contribution in [3.8, 4) is 0 Å². The van der Waals surface area contributed by atoms with Gasteiger partial charge in [0.15, 0.2) is 5.82 Å². The number of fused-ring (bicyclic) bond motifs is 1. The standard InChI is InChI=1S/C21H14Cl2N4O3/c22-16-4-2-1-3-14(16)11-27-10-12(9-24-27)7-17(23)19-25-18-8-13(21(29)30)5-6-15(18)20(28)26-19/h1-10H,11H2,(H,29,30)(H,25,26,28)/b17-7-. The van der Waals surface area contributed by atoms with E-state index in [1.54, 1.807) is 23.2 Å². The SMILES string of the molecule is O=C(O)c1ccc2c(=O)[nH]c(/C(Cl)=C/c3cnn(Cc4ccccc4Cl)c3)nc2c1. The molecule has 2 N–H and O–H groups in total. The van der Waals surface area contributed by atoms with E-state index in [-0.39, 0.29) is 27.3 Å². The molecule has 2 heterocycles. The van der Waals surface area contributed by atoms with E-state index < -0.39 is 11.5 Å². The van der Waals surface area contributed by atoms with Crippen LogP contribution in [0.25, 0.3) is 22.0 Å². The molecule has 0 atom stereocenters. The van der Waals surface area contributed by atoms with Crippen LogP contribution in [0.2, 0.25) is 5.02 Å². The van der Waals surface area contributed by atoms with Crippen molar-refractivity contribution in [2.75, 3.05) is 0 Å². The zero-order chi connectivity index (χ0) is 21.3. The molecule has 0 aliphatic heterocycles. The van der Waals surface area contributed by atoms with Crippen LogP contribution in [-0.4, -0.2) is 30.8 Å². The Bertz CT molecular complexity index is 1360. The zero-order valence-corrected chi connectivity index (χ0v) is 16.9. The monoisotopic (exact) mass is 440 g/mol. The molecule has 0 spiro atoms. The number of nitrogens with zero attached hydrogens (tertiary/aromatic N) is 3. The average molecular weight is 441 g/mol. The molecule has 30 heavy (non-hydrogen) atoms. The summed E-state index contributed by atoms with van der Waals surface area (Å²) < 4.78 is 1.72. The molecule has 4 aromatic rings. The van der Waals surface area contributed by atoms with E-state index in [0.717, 1.165) is 5.56 Å². The van der Waals surface area contributed by atoms with E-state index in [1.807, 2.05) is 24.3 Å². The largest absolute Gasteiger partial charge is 0.478 e. The summed E-state index contributed by atoms with van der Waals surface area (Å²) in [5, 5.41) is 14.6. The smallest absolute Gasteiger partial charge is 0.335 e. The van der Waals surface area contributed by atoms with Crippen molar-refractivity contribution >= 4 is 51.2 Å². The Hall–Kier alpha value is -3.42. The van der Waals surface area contributed by atoms with Gasteiger partial charge in [-0.15, -0.1) is 0 Å². The summed E-state index contributed by atoms with van der Waals surface area (Å²) in [6, 6.07) is 11.6. The molecule has 7 nitrogen and oxygen atoms in total. The number of benzene rings is 2. The molecule has 4 rings (SSSR count). The van der Waals surface area contributed by atoms with E-state index in [0.29, 0.717) is 17.1 Å². The van der Waals surface area contributed by atoms with E-state index in [2.05, 4.69) is 15.1 Å². The van der Waals surface area contributed by atoms with Crippen LogP contribution in [0.3, 0.4) is 0 Å². The minimum Gasteiger partial charge on any atom is -0.478 e. The predicted molar refractivity (Wildman–Crippen MR) is 116 cm³/mol. The third-order valence-corrected chi connectivity index (χ3v) is 5.07. The van der Waals surface area contributed by atoms with Crippen molar-refractivity contribution in [1.82, 2.24) is 19.7 Å². The molecule has 2 aromatic heterocycles. The molecule has 0 saturated heterocycles. The highest BCUT2D eigenvalue weighted by Gasteiger charge is 2.11. The van der Waals surface area contributed by atoms with Crippen LogP contribution in [0.5, 0.6) is 0 Å². The average Bonchev–Trinajstić information content (AvgIpc) is 3.16. The van der Waals surface area contributed by atoms with Crippen LogP contribution >= 0.6 is 23.2 Å². The van der Waals surface area contributed by atoms with Gasteiger partial charge >= 0.3 is 5.97 Å². The van der Waals surface area contributed by atoms with Crippen LogP contribution in [0.15, 0.2) is 59.7 Å². The number of halogens is 2. The number of rotatable bonds is 5. The van der Waals surface area contributed by atoms with Gasteiger partial charge in [-0.25, -0.2) is 9.78 Å². The van der Waals surface area contributed by atoms with Crippen molar-refractivity contribution in [2.45, 2.75) is 6.54 Å². The van der Waals surface area contributed by atoms with Crippen LogP contribution in [-0.2, 0) is 6.54 Å². The first-order valence-corrected chi connectivity index (χ1v) is 9.57. The van der Waals surface area contributed by atoms with E-state index >= 15 is 0 Å². The highest BCUT2D eigenvalue weighted by molar-refractivity contribution is 6.50. The van der Waals surface area contributed by atoms with Crippen molar-refractivity contribution in [2.24, 2.45) is 0 Å². The highest BCUT2D eigenvalue weighted by Crippen LogP contribution is 2.21. The minimum absolute atomic E-state index is 0.0347. The Kier molecular flexibility index (Phi) is 5.39. The van der Waals surface area contributed by atoms with Gasteiger partial charge < -0.3 is 10.1 Å². The fourth-order valence-electron chi connectivity index (χ4n) is 2.94. The second-order valence-electron chi connectivity index (χ2n) is 6.51. The number of aromatic nitrogens is 4. The summed E-state index contributed by atoms with van der Waals surface area (Å²) in [6.07, 6.45) is 5.02. The van der Waals surface area contributed by atoms with Gasteiger partial charge in [-0.2, -0.15) is 5.10 Å². The molecule has 0 aliphatic rings. The maximum Gasteiger partial charge on any atom is 0.335 e. The molecule has 0 amide bonds. The van der Waals surface area contributed by atoms with Gasteiger partial charge in [0.1, 0.15) is 0 Å². The quantitative estimate of drug-likeness (QED) is 0.482. The van der Waals surface area contributed by atoms with E-state index in [9.17, 15) is 9.59 Å². The lowest BCUT2D eigenvalue weighted by Gasteiger charge is -2.04. The number of H-pyrrole nitrogens is 1. The molecule has 0 bridgehead atoms. The first-order chi connectivity index (χ1) is 14.4. The number of hydrogen-bond donors (Lipinski definition) is 2. The van der Waals surface area contributed by atoms with Crippen LogP contribution in [0, 0.1) is 0 Å². The van der Waals surface area contributed by atoms with Crippen LogP contribution in [0.4, 0.5) is 0 Å². The number of carboxylic acids is 1. The Balaban J connectivity index is 1.64. The number of aromatic carboxylic acids is 1. The summed E-state index contributed by atoms with van der Waals surface area (Å²) in [5.41, 5.74) is 1.50. The van der Waals surface area contributed by atoms with E-state index in [1.165, 1.54) is 18.2 Å². The molecule has 0 radical (unpaired) electrons. The second kappa shape index (κ2) is 8.14. The third-order valence-electron chi connectivity index (χ3n) is 4.42. The Labute approximate surface area is 180 Å². The first-order valence-electron chi connectivity index (χ1n) is 8.81. The molecular weight excluding hydrogens is 427 g/mol. The lowest BCUT2D eigenvalue weighted by Crippen LogP contribution is -2.11. The third kappa shape index (κ3) is 4.12. The summed E-state index contributed by atoms with van der Waals surface area (Å²) in [6.45, 7) is 0.494. The van der Waals surface area contributed by atoms with E-state index in [4.69, 9.17) is 28.3 Å². The molecule has 0 fully saturated rings. The van der Waals surface area contributed by atoms with Gasteiger partial charge in [0, 0.05) is 16.8 Å². The Morgan fingerprint density at radius 3 is 2.80 bits per heavy atom. The fourth-order valence-corrected chi connectivity index (χ4v) is 3.35. The molecule has 0 aliphatic carbocycles. The van der Waals surface area contributed by atoms with Gasteiger partial charge in [0.2, 0.25) is 0 Å². The normalized spacial score (nSPS) is 11.7. The number of carboxylic acid groups (broad SMARTS) is 1. The summed E-state index contributed by atoms with van der Waals surface area (Å²) in [4.78, 5) is 30.4. The fraction of sp³-hybridized carbons (Fsp3) is 0.0476. The molecule has 2 aromatic carbocycles. The molecule has 0 saturated carbocycles. The van der Waals surface area contributed by atoms with Gasteiger partial charge in [0.25, 0.3) is 5.56 Å². The number of hydrogen-bond acceptors (Lipinski definition) is 4. The van der Waals surface area contributed by atoms with Crippen molar-refractivity contribution in [3.05, 3.63) is 92.7 Å². The lowest BCUT2D eigenvalue weighted by molar-refractivity contribution is 0.0697. The maximum atomic E-state index is 12.3. The minimum atomic E-state index is -1.10. The summed E-state index contributed by atoms with van der Waals surface area (Å²) in [5.74, 6) is -0.969. The molecule has 150 valence electrons. The van der Waals surface area contributed by atoms with Gasteiger partial charge in [-0.1, -0.05) is 41.4 Å². The Morgan fingerprint density at radius 2 is 2.03 bits per heavy atom. The zero-order valence-electron chi connectivity index (χ0n) is 15.3. The molecular formula is C21H14Cl2N4O3. The number of nitrogens with one attached hydrogen (secondary N) is 1. The van der Waals surface area contributed by atoms with Crippen molar-refractivity contribution < 1.29 is 9.90 Å². The first kappa shape index (κ1) is 19.9. The maximum absolute atomic E-state index is 12.3. The van der Waals surface area contributed by atoms with Crippen LogP contribution < -0.4 is 5.56 Å². The predicted octanol–water partition coefficient (Wildman–Crippen LogP) is 4.26. The second-order valence-corrected chi connectivity index (χ2v) is 7.32. The molecule has 0 unspecified atom stereocenters. The summed E-state index contributed by atoms with van der Waals surface area (Å²) in [7, 11) is 0. The lowest BCUT2D eigenvalue weighted by atomic mass is 10.1. The molecule has 9 heteroatoms. The van der Waals surface area contributed by atoms with Crippen molar-refractivity contribution in [3.63, 3.8) is 0 Å². The van der Waals surface area contributed by atoms with Gasteiger partial charge in [-0.05, 0) is 35.9 Å². The number of carbonyl (C=O) groups is 1. The van der Waals surface area contributed by atoms with Gasteiger partial charge in [0.05, 0.1) is 34.2 Å². The van der Waals surface area contributed by atoms with Crippen molar-refractivity contribution in [1.29, 1.82) is 0 Å². The highest BCUT2D eigenvalue weighted by atomic mass is 35.5. The van der Waals surface area contributed by atoms with Crippen LogP contribution in [0.1, 0.15) is 27.3 Å². The van der Waals surface area contributed by atoms with Gasteiger partial charge in [-0.3, -0.25) is 9.48 Å². The number of aromatic amines is 1. The topological polar surface area (TPSA) is 101 Å². The Morgan fingerprint density at radius 1 is 1.23 bits per heavy atom.